The molecule has 0 radical (unpaired) electrons. The van der Waals surface area contributed by atoms with Gasteiger partial charge in [-0.05, 0) is 24.6 Å². The maximum Gasteiger partial charge on any atom is 0.270 e. The van der Waals surface area contributed by atoms with Crippen molar-refractivity contribution in [3.05, 3.63) is 29.3 Å². The SMILES string of the molecule is Cc1cc(C(C)(F)F)ccc1S. The van der Waals surface area contributed by atoms with Crippen LogP contribution in [0.4, 0.5) is 8.78 Å². The Balaban J connectivity index is 3.14. The highest BCUT2D eigenvalue weighted by Crippen LogP contribution is 2.28. The van der Waals surface area contributed by atoms with E-state index in [9.17, 15) is 8.78 Å². The van der Waals surface area contributed by atoms with Gasteiger partial charge in [-0.3, -0.25) is 0 Å². The Morgan fingerprint density at radius 3 is 2.33 bits per heavy atom. The number of halogens is 2. The Bertz CT molecular complexity index is 289. The Hall–Kier alpha value is -0.570. The maximum absolute atomic E-state index is 12.7. The van der Waals surface area contributed by atoms with E-state index in [4.69, 9.17) is 0 Å². The van der Waals surface area contributed by atoms with E-state index in [0.29, 0.717) is 0 Å². The highest BCUT2D eigenvalue weighted by Gasteiger charge is 2.24. The molecule has 1 rings (SSSR count). The fraction of sp³-hybridized carbons (Fsp3) is 0.333. The molecule has 3 heteroatoms. The van der Waals surface area contributed by atoms with Crippen LogP contribution in [-0.2, 0) is 5.92 Å². The summed E-state index contributed by atoms with van der Waals surface area (Å²) in [5.41, 5.74) is 0.815. The molecule has 0 atom stereocenters. The minimum Gasteiger partial charge on any atom is -0.202 e. The minimum atomic E-state index is -2.76. The van der Waals surface area contributed by atoms with Gasteiger partial charge in [0.15, 0.2) is 0 Å². The normalized spacial score (nSPS) is 11.8. The van der Waals surface area contributed by atoms with Crippen molar-refractivity contribution < 1.29 is 8.78 Å². The molecule has 0 heterocycles. The minimum absolute atomic E-state index is 0.0396. The van der Waals surface area contributed by atoms with Crippen molar-refractivity contribution in [3.8, 4) is 0 Å². The van der Waals surface area contributed by atoms with Crippen LogP contribution in [0.3, 0.4) is 0 Å². The van der Waals surface area contributed by atoms with Gasteiger partial charge in [-0.15, -0.1) is 12.6 Å². The van der Waals surface area contributed by atoms with E-state index in [1.165, 1.54) is 12.1 Å². The van der Waals surface area contributed by atoms with Crippen LogP contribution in [-0.4, -0.2) is 0 Å². The number of hydrogen-bond acceptors (Lipinski definition) is 1. The number of aryl methyl sites for hydroxylation is 1. The first-order valence-corrected chi connectivity index (χ1v) is 4.04. The molecule has 0 spiro atoms. The highest BCUT2D eigenvalue weighted by atomic mass is 32.1. The van der Waals surface area contributed by atoms with Gasteiger partial charge in [0.05, 0.1) is 0 Å². The van der Waals surface area contributed by atoms with Crippen LogP contribution in [0.5, 0.6) is 0 Å². The summed E-state index contributed by atoms with van der Waals surface area (Å²) < 4.78 is 25.5. The Morgan fingerprint density at radius 2 is 1.92 bits per heavy atom. The van der Waals surface area contributed by atoms with Gasteiger partial charge in [-0.2, -0.15) is 0 Å². The summed E-state index contributed by atoms with van der Waals surface area (Å²) in [6.45, 7) is 2.65. The molecular formula is C9H10F2S. The number of hydrogen-bond donors (Lipinski definition) is 1. The van der Waals surface area contributed by atoms with Crippen molar-refractivity contribution >= 4 is 12.6 Å². The number of rotatable bonds is 1. The average Bonchev–Trinajstić information content (AvgIpc) is 1.92. The summed E-state index contributed by atoms with van der Waals surface area (Å²) in [7, 11) is 0. The lowest BCUT2D eigenvalue weighted by molar-refractivity contribution is 0.0173. The van der Waals surface area contributed by atoms with Crippen LogP contribution in [0.1, 0.15) is 18.1 Å². The molecule has 0 bridgehead atoms. The first-order valence-electron chi connectivity index (χ1n) is 3.59. The zero-order valence-corrected chi connectivity index (χ0v) is 7.83. The zero-order valence-electron chi connectivity index (χ0n) is 6.94. The Labute approximate surface area is 76.0 Å². The van der Waals surface area contributed by atoms with Gasteiger partial charge in [0.25, 0.3) is 5.92 Å². The third-order valence-electron chi connectivity index (χ3n) is 1.70. The van der Waals surface area contributed by atoms with E-state index in [1.807, 2.05) is 0 Å². The van der Waals surface area contributed by atoms with Crippen molar-refractivity contribution in [2.75, 3.05) is 0 Å². The van der Waals surface area contributed by atoms with E-state index in [1.54, 1.807) is 13.0 Å². The van der Waals surface area contributed by atoms with Crippen LogP contribution in [0.2, 0.25) is 0 Å². The summed E-state index contributed by atoms with van der Waals surface area (Å²) in [6.07, 6.45) is 0. The summed E-state index contributed by atoms with van der Waals surface area (Å²) in [4.78, 5) is 0.739. The second-order valence-corrected chi connectivity index (χ2v) is 3.37. The smallest absolute Gasteiger partial charge is 0.202 e. The summed E-state index contributed by atoms with van der Waals surface area (Å²) in [6, 6.07) is 4.45. The van der Waals surface area contributed by atoms with Crippen molar-refractivity contribution in [3.63, 3.8) is 0 Å². The second-order valence-electron chi connectivity index (χ2n) is 2.89. The topological polar surface area (TPSA) is 0 Å². The lowest BCUT2D eigenvalue weighted by atomic mass is 10.1. The molecule has 0 fully saturated rings. The maximum atomic E-state index is 12.7. The van der Waals surface area contributed by atoms with Crippen LogP contribution in [0, 0.1) is 6.92 Å². The van der Waals surface area contributed by atoms with Gasteiger partial charge in [0.1, 0.15) is 0 Å². The Morgan fingerprint density at radius 1 is 1.33 bits per heavy atom. The predicted octanol–water partition coefficient (Wildman–Crippen LogP) is 3.40. The molecule has 0 aliphatic heterocycles. The molecule has 1 aromatic carbocycles. The van der Waals surface area contributed by atoms with Gasteiger partial charge >= 0.3 is 0 Å². The van der Waals surface area contributed by atoms with Crippen LogP contribution < -0.4 is 0 Å². The molecule has 0 unspecified atom stereocenters. The van der Waals surface area contributed by atoms with E-state index < -0.39 is 5.92 Å². The van der Waals surface area contributed by atoms with Crippen molar-refractivity contribution in [2.24, 2.45) is 0 Å². The fourth-order valence-electron chi connectivity index (χ4n) is 0.929. The predicted molar refractivity (Wildman–Crippen MR) is 48.0 cm³/mol. The van der Waals surface area contributed by atoms with Crippen LogP contribution in [0.15, 0.2) is 23.1 Å². The zero-order chi connectivity index (χ0) is 9.35. The second kappa shape index (κ2) is 3.05. The molecule has 0 nitrogen and oxygen atoms in total. The van der Waals surface area contributed by atoms with Crippen molar-refractivity contribution in [1.82, 2.24) is 0 Å². The lowest BCUT2D eigenvalue weighted by Gasteiger charge is -2.11. The summed E-state index contributed by atoms with van der Waals surface area (Å²) in [5.74, 6) is -2.76. The van der Waals surface area contributed by atoms with Crippen molar-refractivity contribution in [2.45, 2.75) is 24.7 Å². The van der Waals surface area contributed by atoms with E-state index in [0.717, 1.165) is 17.4 Å². The van der Waals surface area contributed by atoms with Crippen molar-refractivity contribution in [1.29, 1.82) is 0 Å². The quantitative estimate of drug-likeness (QED) is 0.641. The van der Waals surface area contributed by atoms with Gasteiger partial charge in [-0.1, -0.05) is 6.07 Å². The molecule has 0 amide bonds. The largest absolute Gasteiger partial charge is 0.270 e. The molecular weight excluding hydrogens is 178 g/mol. The van der Waals surface area contributed by atoms with Gasteiger partial charge in [0.2, 0.25) is 0 Å². The first-order chi connectivity index (χ1) is 5.41. The number of thiol groups is 1. The summed E-state index contributed by atoms with van der Waals surface area (Å²) in [5, 5.41) is 0. The van der Waals surface area contributed by atoms with E-state index in [2.05, 4.69) is 12.6 Å². The molecule has 0 aromatic heterocycles. The van der Waals surface area contributed by atoms with Crippen LogP contribution in [0.25, 0.3) is 0 Å². The third kappa shape index (κ3) is 1.97. The number of alkyl halides is 2. The molecule has 0 aliphatic rings. The Kier molecular flexibility index (Phi) is 2.42. The molecule has 0 aliphatic carbocycles. The van der Waals surface area contributed by atoms with Gasteiger partial charge in [0, 0.05) is 17.4 Å². The lowest BCUT2D eigenvalue weighted by Crippen LogP contribution is -2.06. The number of benzene rings is 1. The third-order valence-corrected chi connectivity index (χ3v) is 2.21. The first kappa shape index (κ1) is 9.52. The highest BCUT2D eigenvalue weighted by molar-refractivity contribution is 7.80. The van der Waals surface area contributed by atoms with Gasteiger partial charge < -0.3 is 0 Å². The standard InChI is InChI=1S/C9H10F2S/c1-6-5-7(9(2,10)11)3-4-8(6)12/h3-5,12H,1-2H3. The summed E-state index contributed by atoms with van der Waals surface area (Å²) >= 11 is 4.10. The van der Waals surface area contributed by atoms with E-state index >= 15 is 0 Å². The molecule has 12 heavy (non-hydrogen) atoms. The van der Waals surface area contributed by atoms with Gasteiger partial charge in [-0.25, -0.2) is 8.78 Å². The van der Waals surface area contributed by atoms with Crippen LogP contribution >= 0.6 is 12.6 Å². The monoisotopic (exact) mass is 188 g/mol. The molecule has 1 aromatic rings. The molecule has 66 valence electrons. The molecule has 0 saturated heterocycles. The van der Waals surface area contributed by atoms with E-state index in [-0.39, 0.29) is 5.56 Å². The fourth-order valence-corrected chi connectivity index (χ4v) is 1.07. The molecule has 0 N–H and O–H groups in total. The average molecular weight is 188 g/mol. The molecule has 0 saturated carbocycles.